The molecule has 0 saturated heterocycles. The van der Waals surface area contributed by atoms with E-state index in [1.54, 1.807) is 6.92 Å². The van der Waals surface area contributed by atoms with Gasteiger partial charge < -0.3 is 18.9 Å². The summed E-state index contributed by atoms with van der Waals surface area (Å²) in [7, 11) is 0. The van der Waals surface area contributed by atoms with Gasteiger partial charge in [-0.1, -0.05) is 44.0 Å². The summed E-state index contributed by atoms with van der Waals surface area (Å²) in [6.45, 7) is 17.6. The molecule has 2 N–H and O–H groups in total. The van der Waals surface area contributed by atoms with Gasteiger partial charge in [0.1, 0.15) is 29.2 Å². The highest BCUT2D eigenvalue weighted by Crippen LogP contribution is 2.27. The molecule has 0 spiro atoms. The average Bonchev–Trinajstić information content (AvgIpc) is 2.86. The molecule has 0 saturated carbocycles. The highest BCUT2D eigenvalue weighted by molar-refractivity contribution is 14.1. The molecule has 0 aromatic heterocycles. The second-order valence-corrected chi connectivity index (χ2v) is 10.7. The molecule has 2 aromatic carbocycles. The normalized spacial score (nSPS) is 12.0. The smallest absolute Gasteiger partial charge is 0.411 e. The van der Waals surface area contributed by atoms with E-state index < -0.39 is 15.8 Å². The molecule has 1 atom stereocenters. The van der Waals surface area contributed by atoms with Crippen LogP contribution in [-0.4, -0.2) is 42.2 Å². The molecule has 0 aliphatic carbocycles. The van der Waals surface area contributed by atoms with E-state index in [0.29, 0.717) is 23.6 Å². The first-order valence-corrected chi connectivity index (χ1v) is 13.1. The van der Waals surface area contributed by atoms with Crippen molar-refractivity contribution in [3.05, 3.63) is 96.3 Å². The first-order valence-electron chi connectivity index (χ1n) is 12.0. The third kappa shape index (κ3) is 11.4. The number of hydrogen-bond donors (Lipinski definition) is 2. The Morgan fingerprint density at radius 3 is 1.61 bits per heavy atom. The molecule has 0 aliphatic heterocycles. The van der Waals surface area contributed by atoms with Gasteiger partial charge in [0.2, 0.25) is 0 Å². The van der Waals surface area contributed by atoms with E-state index in [2.05, 4.69) is 53.0 Å². The lowest BCUT2D eigenvalue weighted by atomic mass is 10.0. The molecule has 0 unspecified atom stereocenters. The largest absolute Gasteiger partial charge is 0.490 e. The zero-order chi connectivity index (χ0) is 28.1. The van der Waals surface area contributed by atoms with Crippen LogP contribution in [0.5, 0.6) is 0 Å². The summed E-state index contributed by atoms with van der Waals surface area (Å²) >= 11 is 2.16. The number of nitrogens with one attached hydrogen (secondary N) is 2. The van der Waals surface area contributed by atoms with Crippen LogP contribution in [-0.2, 0) is 25.4 Å². The molecule has 9 heteroatoms. The summed E-state index contributed by atoms with van der Waals surface area (Å²) < 4.78 is 20.7. The summed E-state index contributed by atoms with van der Waals surface area (Å²) in [5.41, 5.74) is 5.00. The Balaban J connectivity index is 1.72. The number of carbonyl (C=O) groups is 2. The van der Waals surface area contributed by atoms with Gasteiger partial charge in [-0.15, -0.1) is 0 Å². The number of carbonyl (C=O) groups excluding carboxylic acids is 2. The maximum absolute atomic E-state index is 12.0. The fourth-order valence-corrected chi connectivity index (χ4v) is 3.09. The van der Waals surface area contributed by atoms with Crippen molar-refractivity contribution in [3.8, 4) is 0 Å². The van der Waals surface area contributed by atoms with E-state index in [4.69, 9.17) is 18.9 Å². The molecule has 0 radical (unpaired) electrons. The monoisotopic (exact) mass is 634 g/mol. The number of ether oxygens (including phenoxy) is 4. The van der Waals surface area contributed by atoms with Crippen LogP contribution >= 0.6 is 22.6 Å². The minimum atomic E-state index is -0.563. The molecule has 2 rings (SSSR count). The predicted octanol–water partition coefficient (Wildman–Crippen LogP) is 7.22. The van der Waals surface area contributed by atoms with E-state index in [9.17, 15) is 9.59 Å². The number of benzene rings is 2. The zero-order valence-electron chi connectivity index (χ0n) is 22.1. The molecule has 0 bridgehead atoms. The van der Waals surface area contributed by atoms with E-state index in [1.807, 2.05) is 62.4 Å². The number of alkyl halides is 1. The molecule has 8 nitrogen and oxygen atoms in total. The van der Waals surface area contributed by atoms with Crippen molar-refractivity contribution in [1.82, 2.24) is 0 Å². The summed E-state index contributed by atoms with van der Waals surface area (Å²) in [5, 5.41) is 5.38. The van der Waals surface area contributed by atoms with Crippen molar-refractivity contribution in [1.29, 1.82) is 0 Å². The molecule has 0 heterocycles. The molecule has 0 aliphatic rings. The van der Waals surface area contributed by atoms with Crippen LogP contribution < -0.4 is 10.6 Å². The van der Waals surface area contributed by atoms with Crippen molar-refractivity contribution < 1.29 is 28.5 Å². The predicted molar refractivity (Wildman–Crippen MR) is 159 cm³/mol. The number of halogens is 1. The molecule has 204 valence electrons. The van der Waals surface area contributed by atoms with Gasteiger partial charge in [-0.25, -0.2) is 9.59 Å². The first-order chi connectivity index (χ1) is 18.0. The Kier molecular flexibility index (Phi) is 12.4. The van der Waals surface area contributed by atoms with Gasteiger partial charge >= 0.3 is 12.2 Å². The molecule has 0 fully saturated rings. The van der Waals surface area contributed by atoms with E-state index in [0.717, 1.165) is 22.3 Å². The number of anilines is 2. The Morgan fingerprint density at radius 1 is 0.763 bits per heavy atom. The van der Waals surface area contributed by atoms with Crippen LogP contribution in [0.1, 0.15) is 31.9 Å². The zero-order valence-corrected chi connectivity index (χ0v) is 24.3. The van der Waals surface area contributed by atoms with Crippen LogP contribution in [0, 0.1) is 0 Å². The van der Waals surface area contributed by atoms with Crippen molar-refractivity contribution in [3.63, 3.8) is 0 Å². The number of amides is 2. The van der Waals surface area contributed by atoms with Crippen molar-refractivity contribution in [2.24, 2.45) is 0 Å². The highest BCUT2D eigenvalue weighted by atomic mass is 127. The SMILES string of the molecule is C=C(C)C(=C)OCCOC(=O)Nc1ccc(Cc2ccc(NC(=O)OCCO[C@](C)(I)C(=C)C)cc2)cc1. The van der Waals surface area contributed by atoms with Crippen LogP contribution in [0.3, 0.4) is 0 Å². The Labute approximate surface area is 238 Å². The van der Waals surface area contributed by atoms with Crippen molar-refractivity contribution in [2.75, 3.05) is 37.1 Å². The minimum Gasteiger partial charge on any atom is -0.490 e. The number of hydrogen-bond acceptors (Lipinski definition) is 6. The second kappa shape index (κ2) is 15.2. The summed E-state index contributed by atoms with van der Waals surface area (Å²) in [6.07, 6.45) is -0.417. The number of allylic oxidation sites excluding steroid dienone is 1. The van der Waals surface area contributed by atoms with Crippen LogP contribution in [0.2, 0.25) is 0 Å². The minimum absolute atomic E-state index is 0.0979. The fourth-order valence-electron chi connectivity index (χ4n) is 2.87. The molecular formula is C29H35IN2O6. The summed E-state index contributed by atoms with van der Waals surface area (Å²) in [6, 6.07) is 15.0. The lowest BCUT2D eigenvalue weighted by Gasteiger charge is -2.23. The molecule has 2 amide bonds. The van der Waals surface area contributed by atoms with Gasteiger partial charge in [-0.2, -0.15) is 0 Å². The van der Waals surface area contributed by atoms with Gasteiger partial charge in [0.25, 0.3) is 0 Å². The van der Waals surface area contributed by atoms with Crippen LogP contribution in [0.25, 0.3) is 0 Å². The molecular weight excluding hydrogens is 599 g/mol. The van der Waals surface area contributed by atoms with Crippen LogP contribution in [0.4, 0.5) is 21.0 Å². The summed E-state index contributed by atoms with van der Waals surface area (Å²) in [4.78, 5) is 24.0. The lowest BCUT2D eigenvalue weighted by molar-refractivity contribution is 0.0417. The van der Waals surface area contributed by atoms with Gasteiger partial charge in [0.05, 0.1) is 6.61 Å². The van der Waals surface area contributed by atoms with Gasteiger partial charge in [0, 0.05) is 11.4 Å². The van der Waals surface area contributed by atoms with Crippen molar-refractivity contribution in [2.45, 2.75) is 30.8 Å². The van der Waals surface area contributed by atoms with Gasteiger partial charge in [0.15, 0.2) is 0 Å². The Hall–Kier alpha value is -3.31. The third-order valence-electron chi connectivity index (χ3n) is 5.33. The Morgan fingerprint density at radius 2 is 1.18 bits per heavy atom. The highest BCUT2D eigenvalue weighted by Gasteiger charge is 2.21. The number of rotatable bonds is 14. The van der Waals surface area contributed by atoms with E-state index in [1.165, 1.54) is 0 Å². The van der Waals surface area contributed by atoms with Crippen LogP contribution in [0.15, 0.2) is 85.2 Å². The molecule has 2 aromatic rings. The lowest BCUT2D eigenvalue weighted by Crippen LogP contribution is -2.25. The third-order valence-corrected chi connectivity index (χ3v) is 6.56. The second-order valence-electron chi connectivity index (χ2n) is 8.69. The fraction of sp³-hybridized carbons (Fsp3) is 0.310. The first kappa shape index (κ1) is 30.9. The van der Waals surface area contributed by atoms with E-state index in [-0.39, 0.29) is 26.4 Å². The molecule has 38 heavy (non-hydrogen) atoms. The quantitative estimate of drug-likeness (QED) is 0.0569. The van der Waals surface area contributed by atoms with E-state index >= 15 is 0 Å². The topological polar surface area (TPSA) is 95.1 Å². The van der Waals surface area contributed by atoms with Crippen molar-refractivity contribution >= 4 is 46.2 Å². The average molecular weight is 635 g/mol. The maximum atomic E-state index is 12.0. The van der Waals surface area contributed by atoms with Gasteiger partial charge in [-0.3, -0.25) is 10.6 Å². The Bertz CT molecular complexity index is 1130. The maximum Gasteiger partial charge on any atom is 0.411 e. The standard InChI is InChI=1S/C29H35IN2O6/c1-20(2)22(5)35-15-16-36-27(33)31-25-11-7-23(8-12-25)19-24-9-13-26(14-10-24)32-28(34)37-17-18-38-29(6,30)21(3)4/h7-14H,1,3,5,15-19H2,2,4,6H3,(H,31,33)(H,32,34)/t29-/m0/s1. The van der Waals surface area contributed by atoms with Gasteiger partial charge in [-0.05, 0) is 96.3 Å². The summed E-state index contributed by atoms with van der Waals surface area (Å²) in [5.74, 6) is 0.470.